The standard InChI is InChI=1S/C15H22N2O3/c1-17(10-12-6-4-5-9-19-12)15(18)11-20-14-8-3-2-7-13(14)16/h2-3,7-8,12H,4-6,9-11,16H2,1H3. The first-order chi connectivity index (χ1) is 9.66. The van der Waals surface area contributed by atoms with Crippen LogP contribution in [0.5, 0.6) is 5.75 Å². The third-order valence-corrected chi connectivity index (χ3v) is 3.45. The molecule has 2 rings (SSSR count). The molecule has 1 unspecified atom stereocenters. The van der Waals surface area contributed by atoms with Crippen LogP contribution in [-0.4, -0.2) is 43.7 Å². The first kappa shape index (κ1) is 14.7. The molecule has 0 aliphatic carbocycles. The van der Waals surface area contributed by atoms with Gasteiger partial charge >= 0.3 is 0 Å². The van der Waals surface area contributed by atoms with E-state index in [1.165, 1.54) is 6.42 Å². The minimum Gasteiger partial charge on any atom is -0.482 e. The summed E-state index contributed by atoms with van der Waals surface area (Å²) >= 11 is 0. The monoisotopic (exact) mass is 278 g/mol. The van der Waals surface area contributed by atoms with Gasteiger partial charge in [-0.3, -0.25) is 4.79 Å². The Hall–Kier alpha value is -1.75. The van der Waals surface area contributed by atoms with Crippen molar-refractivity contribution >= 4 is 11.6 Å². The van der Waals surface area contributed by atoms with Crippen LogP contribution in [-0.2, 0) is 9.53 Å². The topological polar surface area (TPSA) is 64.8 Å². The predicted octanol–water partition coefficient (Wildman–Crippen LogP) is 1.68. The average Bonchev–Trinajstić information content (AvgIpc) is 2.47. The molecule has 0 radical (unpaired) electrons. The molecular formula is C15H22N2O3. The largest absolute Gasteiger partial charge is 0.482 e. The lowest BCUT2D eigenvalue weighted by atomic mass is 10.1. The Bertz CT molecular complexity index is 444. The fourth-order valence-electron chi connectivity index (χ4n) is 2.22. The summed E-state index contributed by atoms with van der Waals surface area (Å²) in [4.78, 5) is 13.7. The van der Waals surface area contributed by atoms with Gasteiger partial charge in [-0.25, -0.2) is 0 Å². The van der Waals surface area contributed by atoms with Gasteiger partial charge in [0.25, 0.3) is 5.91 Å². The van der Waals surface area contributed by atoms with Crippen LogP contribution in [0.25, 0.3) is 0 Å². The number of rotatable bonds is 5. The summed E-state index contributed by atoms with van der Waals surface area (Å²) in [5.74, 6) is 0.477. The highest BCUT2D eigenvalue weighted by atomic mass is 16.5. The zero-order valence-electron chi connectivity index (χ0n) is 11.9. The highest BCUT2D eigenvalue weighted by Gasteiger charge is 2.19. The number of hydrogen-bond acceptors (Lipinski definition) is 4. The van der Waals surface area contributed by atoms with Gasteiger partial charge in [-0.15, -0.1) is 0 Å². The van der Waals surface area contributed by atoms with Crippen molar-refractivity contribution in [3.63, 3.8) is 0 Å². The number of nitrogens with two attached hydrogens (primary N) is 1. The highest BCUT2D eigenvalue weighted by Crippen LogP contribution is 2.19. The second-order valence-electron chi connectivity index (χ2n) is 5.09. The van der Waals surface area contributed by atoms with E-state index in [0.717, 1.165) is 19.4 Å². The number of hydrogen-bond donors (Lipinski definition) is 1. The van der Waals surface area contributed by atoms with E-state index in [4.69, 9.17) is 15.2 Å². The van der Waals surface area contributed by atoms with Crippen LogP contribution in [0.3, 0.4) is 0 Å². The number of nitrogen functional groups attached to an aromatic ring is 1. The Balaban J connectivity index is 1.77. The van der Waals surface area contributed by atoms with E-state index in [9.17, 15) is 4.79 Å². The van der Waals surface area contributed by atoms with Crippen molar-refractivity contribution in [1.29, 1.82) is 0 Å². The number of likely N-dealkylation sites (N-methyl/N-ethyl adjacent to an activating group) is 1. The minimum atomic E-state index is -0.0672. The van der Waals surface area contributed by atoms with E-state index in [2.05, 4.69) is 0 Å². The first-order valence-electron chi connectivity index (χ1n) is 6.99. The molecule has 5 heteroatoms. The molecule has 1 fully saturated rings. The molecule has 0 aromatic heterocycles. The Kier molecular flexibility index (Phi) is 5.24. The number of para-hydroxylation sites is 2. The minimum absolute atomic E-state index is 0.00255. The maximum Gasteiger partial charge on any atom is 0.260 e. The molecule has 5 nitrogen and oxygen atoms in total. The lowest BCUT2D eigenvalue weighted by molar-refractivity contribution is -0.134. The zero-order chi connectivity index (χ0) is 14.4. The summed E-state index contributed by atoms with van der Waals surface area (Å²) in [6, 6.07) is 7.17. The molecule has 2 N–H and O–H groups in total. The maximum absolute atomic E-state index is 12.0. The number of carbonyl (C=O) groups is 1. The number of ether oxygens (including phenoxy) is 2. The Labute approximate surface area is 119 Å². The lowest BCUT2D eigenvalue weighted by Gasteiger charge is -2.27. The van der Waals surface area contributed by atoms with E-state index in [0.29, 0.717) is 18.0 Å². The number of carbonyl (C=O) groups excluding carboxylic acids is 1. The average molecular weight is 278 g/mol. The van der Waals surface area contributed by atoms with E-state index in [-0.39, 0.29) is 18.6 Å². The zero-order valence-corrected chi connectivity index (χ0v) is 11.9. The van der Waals surface area contributed by atoms with Crippen LogP contribution in [0.15, 0.2) is 24.3 Å². The molecule has 20 heavy (non-hydrogen) atoms. The van der Waals surface area contributed by atoms with Crippen molar-refractivity contribution in [2.24, 2.45) is 0 Å². The molecule has 1 saturated heterocycles. The molecule has 1 aliphatic rings. The summed E-state index contributed by atoms with van der Waals surface area (Å²) in [6.07, 6.45) is 3.46. The van der Waals surface area contributed by atoms with Crippen molar-refractivity contribution in [2.45, 2.75) is 25.4 Å². The lowest BCUT2D eigenvalue weighted by Crippen LogP contribution is -2.39. The smallest absolute Gasteiger partial charge is 0.260 e. The Morgan fingerprint density at radius 3 is 2.95 bits per heavy atom. The number of anilines is 1. The quantitative estimate of drug-likeness (QED) is 0.832. The fourth-order valence-corrected chi connectivity index (χ4v) is 2.22. The van der Waals surface area contributed by atoms with Gasteiger partial charge < -0.3 is 20.1 Å². The summed E-state index contributed by atoms with van der Waals surface area (Å²) in [7, 11) is 1.78. The summed E-state index contributed by atoms with van der Waals surface area (Å²) < 4.78 is 11.1. The molecule has 1 aromatic rings. The van der Waals surface area contributed by atoms with E-state index < -0.39 is 0 Å². The molecule has 110 valence electrons. The van der Waals surface area contributed by atoms with Crippen LogP contribution in [0, 0.1) is 0 Å². The molecule has 1 aromatic carbocycles. The molecule has 1 atom stereocenters. The van der Waals surface area contributed by atoms with Gasteiger partial charge in [0.15, 0.2) is 6.61 Å². The van der Waals surface area contributed by atoms with Crippen LogP contribution in [0.1, 0.15) is 19.3 Å². The van der Waals surface area contributed by atoms with Gasteiger partial charge in [0.1, 0.15) is 5.75 Å². The second-order valence-corrected chi connectivity index (χ2v) is 5.09. The number of benzene rings is 1. The third kappa shape index (κ3) is 4.13. The van der Waals surface area contributed by atoms with Crippen molar-refractivity contribution < 1.29 is 14.3 Å². The van der Waals surface area contributed by atoms with Gasteiger partial charge in [-0.05, 0) is 31.4 Å². The molecule has 1 heterocycles. The van der Waals surface area contributed by atoms with E-state index >= 15 is 0 Å². The maximum atomic E-state index is 12.0. The number of amides is 1. The second kappa shape index (κ2) is 7.14. The molecule has 1 aliphatic heterocycles. The van der Waals surface area contributed by atoms with Crippen LogP contribution in [0.2, 0.25) is 0 Å². The predicted molar refractivity (Wildman–Crippen MR) is 77.6 cm³/mol. The van der Waals surface area contributed by atoms with Gasteiger partial charge in [-0.2, -0.15) is 0 Å². The summed E-state index contributed by atoms with van der Waals surface area (Å²) in [6.45, 7) is 1.41. The van der Waals surface area contributed by atoms with Crippen LogP contribution >= 0.6 is 0 Å². The van der Waals surface area contributed by atoms with Crippen molar-refractivity contribution in [3.8, 4) is 5.75 Å². The van der Waals surface area contributed by atoms with Crippen LogP contribution in [0.4, 0.5) is 5.69 Å². The molecular weight excluding hydrogens is 256 g/mol. The highest BCUT2D eigenvalue weighted by molar-refractivity contribution is 5.77. The van der Waals surface area contributed by atoms with Gasteiger partial charge in [0.2, 0.25) is 0 Å². The first-order valence-corrected chi connectivity index (χ1v) is 6.99. The van der Waals surface area contributed by atoms with Crippen molar-refractivity contribution in [2.75, 3.05) is 32.5 Å². The Morgan fingerprint density at radius 2 is 2.25 bits per heavy atom. The SMILES string of the molecule is CN(CC1CCCCO1)C(=O)COc1ccccc1N. The normalized spacial score (nSPS) is 18.6. The van der Waals surface area contributed by atoms with Crippen LogP contribution < -0.4 is 10.5 Å². The number of nitrogens with zero attached hydrogens (tertiary/aromatic N) is 1. The molecule has 0 bridgehead atoms. The van der Waals surface area contributed by atoms with Crippen molar-refractivity contribution in [1.82, 2.24) is 4.90 Å². The van der Waals surface area contributed by atoms with Gasteiger partial charge in [-0.1, -0.05) is 12.1 Å². The van der Waals surface area contributed by atoms with E-state index in [1.54, 1.807) is 24.1 Å². The van der Waals surface area contributed by atoms with Crippen molar-refractivity contribution in [3.05, 3.63) is 24.3 Å². The fraction of sp³-hybridized carbons (Fsp3) is 0.533. The summed E-state index contributed by atoms with van der Waals surface area (Å²) in [5, 5.41) is 0. The van der Waals surface area contributed by atoms with Gasteiger partial charge in [0.05, 0.1) is 11.8 Å². The Morgan fingerprint density at radius 1 is 1.45 bits per heavy atom. The molecule has 0 spiro atoms. The van der Waals surface area contributed by atoms with E-state index in [1.807, 2.05) is 12.1 Å². The third-order valence-electron chi connectivity index (χ3n) is 3.45. The van der Waals surface area contributed by atoms with Gasteiger partial charge in [0, 0.05) is 20.2 Å². The molecule has 0 saturated carbocycles. The summed E-state index contributed by atoms with van der Waals surface area (Å²) in [5.41, 5.74) is 6.30. The molecule has 1 amide bonds.